The largest absolute Gasteiger partial charge is 0.343 e. The predicted molar refractivity (Wildman–Crippen MR) is 106 cm³/mol. The summed E-state index contributed by atoms with van der Waals surface area (Å²) in [7, 11) is 0. The Kier molecular flexibility index (Phi) is 10.7. The van der Waals surface area contributed by atoms with Crippen molar-refractivity contribution >= 4 is 0 Å². The Balaban J connectivity index is 1.30. The SMILES string of the molecule is c1ccc(C[NH2+]CCCCCCCCC[NH2+]Cc2ccccc2)cc1. The smallest absolute Gasteiger partial charge is 0.101 e. The second-order valence-corrected chi connectivity index (χ2v) is 7.01. The maximum absolute atomic E-state index is 2.44. The van der Waals surface area contributed by atoms with Crippen LogP contribution in [0.1, 0.15) is 56.1 Å². The number of unbranched alkanes of at least 4 members (excludes halogenated alkanes) is 6. The molecule has 2 aromatic rings. The van der Waals surface area contributed by atoms with Gasteiger partial charge in [-0.3, -0.25) is 0 Å². The van der Waals surface area contributed by atoms with E-state index in [1.54, 1.807) is 0 Å². The second kappa shape index (κ2) is 13.6. The molecule has 0 bridgehead atoms. The average molecular weight is 341 g/mol. The molecule has 0 aliphatic rings. The average Bonchev–Trinajstić information content (AvgIpc) is 2.67. The number of hydrogen-bond acceptors (Lipinski definition) is 0. The third-order valence-corrected chi connectivity index (χ3v) is 4.76. The van der Waals surface area contributed by atoms with Gasteiger partial charge in [0, 0.05) is 11.1 Å². The lowest BCUT2D eigenvalue weighted by atomic mass is 10.1. The van der Waals surface area contributed by atoms with Crippen LogP contribution in [0.5, 0.6) is 0 Å². The fourth-order valence-corrected chi connectivity index (χ4v) is 3.23. The van der Waals surface area contributed by atoms with Crippen LogP contribution in [-0.4, -0.2) is 13.1 Å². The molecule has 0 saturated heterocycles. The van der Waals surface area contributed by atoms with E-state index in [9.17, 15) is 0 Å². The molecule has 4 N–H and O–H groups in total. The predicted octanol–water partition coefficient (Wildman–Crippen LogP) is 3.24. The third-order valence-electron chi connectivity index (χ3n) is 4.76. The molecule has 0 radical (unpaired) electrons. The molecule has 2 heteroatoms. The van der Waals surface area contributed by atoms with Crippen LogP contribution >= 0.6 is 0 Å². The van der Waals surface area contributed by atoms with Crippen LogP contribution in [0.2, 0.25) is 0 Å². The number of nitrogens with two attached hydrogens (primary N) is 2. The quantitative estimate of drug-likeness (QED) is 0.495. The topological polar surface area (TPSA) is 33.2 Å². The lowest BCUT2D eigenvalue weighted by Crippen LogP contribution is -2.82. The second-order valence-electron chi connectivity index (χ2n) is 7.01. The van der Waals surface area contributed by atoms with Crippen molar-refractivity contribution < 1.29 is 10.6 Å². The summed E-state index contributed by atoms with van der Waals surface area (Å²) in [4.78, 5) is 0. The molecule has 0 amide bonds. The van der Waals surface area contributed by atoms with Gasteiger partial charge >= 0.3 is 0 Å². The zero-order valence-corrected chi connectivity index (χ0v) is 15.7. The van der Waals surface area contributed by atoms with Gasteiger partial charge in [-0.2, -0.15) is 0 Å². The normalized spacial score (nSPS) is 10.9. The molecule has 0 heterocycles. The van der Waals surface area contributed by atoms with Crippen LogP contribution in [0.3, 0.4) is 0 Å². The van der Waals surface area contributed by atoms with Crippen LogP contribution in [0.25, 0.3) is 0 Å². The van der Waals surface area contributed by atoms with E-state index in [1.807, 2.05) is 0 Å². The lowest BCUT2D eigenvalue weighted by Gasteiger charge is -2.04. The molecule has 2 rings (SSSR count). The van der Waals surface area contributed by atoms with Crippen molar-refractivity contribution in [3.05, 3.63) is 71.8 Å². The van der Waals surface area contributed by atoms with Gasteiger partial charge in [-0.05, 0) is 25.7 Å². The number of quaternary nitrogens is 2. The summed E-state index contributed by atoms with van der Waals surface area (Å²) in [5, 5.41) is 4.88. The zero-order valence-electron chi connectivity index (χ0n) is 15.7. The highest BCUT2D eigenvalue weighted by molar-refractivity contribution is 5.13. The van der Waals surface area contributed by atoms with Gasteiger partial charge in [-0.1, -0.05) is 79.9 Å². The highest BCUT2D eigenvalue weighted by Gasteiger charge is 1.97. The summed E-state index contributed by atoms with van der Waals surface area (Å²) >= 11 is 0. The molecule has 0 unspecified atom stereocenters. The molecule has 0 spiro atoms. The highest BCUT2D eigenvalue weighted by Crippen LogP contribution is 2.05. The zero-order chi connectivity index (χ0) is 17.4. The summed E-state index contributed by atoms with van der Waals surface area (Å²) < 4.78 is 0. The van der Waals surface area contributed by atoms with Crippen LogP contribution in [0.4, 0.5) is 0 Å². The number of benzene rings is 2. The Hall–Kier alpha value is -1.64. The monoisotopic (exact) mass is 340 g/mol. The van der Waals surface area contributed by atoms with Crippen molar-refractivity contribution in [3.63, 3.8) is 0 Å². The van der Waals surface area contributed by atoms with Crippen LogP contribution < -0.4 is 10.6 Å². The molecule has 2 nitrogen and oxygen atoms in total. The lowest BCUT2D eigenvalue weighted by molar-refractivity contribution is -0.671. The molecule has 2 aromatic carbocycles. The van der Waals surface area contributed by atoms with Crippen molar-refractivity contribution in [2.24, 2.45) is 0 Å². The van der Waals surface area contributed by atoms with Gasteiger partial charge in [0.05, 0.1) is 13.1 Å². The Morgan fingerprint density at radius 3 is 1.20 bits per heavy atom. The number of hydrogen-bond donors (Lipinski definition) is 2. The standard InChI is InChI=1S/C23H34N2/c1(2-4-12-18-24-20-22-14-8-6-9-15-22)3-5-13-19-25-21-23-16-10-7-11-17-23/h6-11,14-17,24-25H,1-5,12-13,18-21H2/p+2. The van der Waals surface area contributed by atoms with Gasteiger partial charge in [0.2, 0.25) is 0 Å². The van der Waals surface area contributed by atoms with E-state index in [-0.39, 0.29) is 0 Å². The van der Waals surface area contributed by atoms with E-state index in [4.69, 9.17) is 0 Å². The minimum atomic E-state index is 1.13. The maximum Gasteiger partial charge on any atom is 0.101 e. The molecule has 25 heavy (non-hydrogen) atoms. The van der Waals surface area contributed by atoms with Gasteiger partial charge in [-0.15, -0.1) is 0 Å². The van der Waals surface area contributed by atoms with Crippen molar-refractivity contribution in [3.8, 4) is 0 Å². The van der Waals surface area contributed by atoms with Gasteiger partial charge in [0.25, 0.3) is 0 Å². The van der Waals surface area contributed by atoms with Crippen molar-refractivity contribution in [2.45, 2.75) is 58.0 Å². The first-order valence-electron chi connectivity index (χ1n) is 10.2. The minimum absolute atomic E-state index is 1.13. The molecule has 136 valence electrons. The fraction of sp³-hybridized carbons (Fsp3) is 0.478. The van der Waals surface area contributed by atoms with Crippen LogP contribution in [-0.2, 0) is 13.1 Å². The van der Waals surface area contributed by atoms with E-state index in [1.165, 1.54) is 69.2 Å². The van der Waals surface area contributed by atoms with E-state index >= 15 is 0 Å². The van der Waals surface area contributed by atoms with Crippen molar-refractivity contribution in [1.29, 1.82) is 0 Å². The summed E-state index contributed by atoms with van der Waals surface area (Å²) in [6.07, 6.45) is 9.74. The molecule has 0 atom stereocenters. The summed E-state index contributed by atoms with van der Waals surface area (Å²) in [5.74, 6) is 0. The fourth-order valence-electron chi connectivity index (χ4n) is 3.23. The summed E-state index contributed by atoms with van der Waals surface area (Å²) in [6, 6.07) is 21.6. The van der Waals surface area contributed by atoms with Gasteiger partial charge in [0.1, 0.15) is 13.1 Å². The van der Waals surface area contributed by atoms with Gasteiger partial charge in [0.15, 0.2) is 0 Å². The summed E-state index contributed by atoms with van der Waals surface area (Å²) in [5.41, 5.74) is 2.87. The molecular formula is C23H36N2+2. The Morgan fingerprint density at radius 1 is 0.440 bits per heavy atom. The maximum atomic E-state index is 2.44. The van der Waals surface area contributed by atoms with Gasteiger partial charge in [-0.25, -0.2) is 0 Å². The Morgan fingerprint density at radius 2 is 0.800 bits per heavy atom. The Labute approximate surface area is 154 Å². The molecule has 0 fully saturated rings. The Bertz CT molecular complexity index is 475. The first-order valence-corrected chi connectivity index (χ1v) is 10.2. The molecule has 0 saturated carbocycles. The molecular weight excluding hydrogens is 304 g/mol. The van der Waals surface area contributed by atoms with E-state index < -0.39 is 0 Å². The van der Waals surface area contributed by atoms with Gasteiger partial charge < -0.3 is 10.6 Å². The molecule has 0 aromatic heterocycles. The minimum Gasteiger partial charge on any atom is -0.343 e. The third kappa shape index (κ3) is 10.1. The van der Waals surface area contributed by atoms with Crippen molar-refractivity contribution in [1.82, 2.24) is 0 Å². The first-order chi connectivity index (χ1) is 12.4. The highest BCUT2D eigenvalue weighted by atomic mass is 14.8. The van der Waals surface area contributed by atoms with E-state index in [2.05, 4.69) is 71.3 Å². The summed E-state index contributed by atoms with van der Waals surface area (Å²) in [6.45, 7) is 4.79. The number of rotatable bonds is 14. The van der Waals surface area contributed by atoms with Crippen molar-refractivity contribution in [2.75, 3.05) is 13.1 Å². The van der Waals surface area contributed by atoms with E-state index in [0.29, 0.717) is 0 Å². The first kappa shape index (κ1) is 19.7. The molecule has 0 aliphatic heterocycles. The van der Waals surface area contributed by atoms with Crippen LogP contribution in [0, 0.1) is 0 Å². The van der Waals surface area contributed by atoms with E-state index in [0.717, 1.165) is 13.1 Å². The molecule has 0 aliphatic carbocycles. The van der Waals surface area contributed by atoms with Crippen LogP contribution in [0.15, 0.2) is 60.7 Å².